The summed E-state index contributed by atoms with van der Waals surface area (Å²) in [5.74, 6) is 1.15. The number of β-lactam (4-membered cyclic amide) rings is 1. The molecule has 2 aliphatic rings. The zero-order valence-electron chi connectivity index (χ0n) is 16.4. The lowest BCUT2D eigenvalue weighted by Gasteiger charge is -2.54. The van der Waals surface area contributed by atoms with E-state index in [4.69, 9.17) is 4.74 Å². The Morgan fingerprint density at radius 2 is 1.74 bits per heavy atom. The Labute approximate surface area is 161 Å². The van der Waals surface area contributed by atoms with Gasteiger partial charge in [0.1, 0.15) is 5.75 Å². The molecule has 1 aliphatic heterocycles. The highest BCUT2D eigenvalue weighted by molar-refractivity contribution is 5.89. The lowest BCUT2D eigenvalue weighted by atomic mass is 9.71. The van der Waals surface area contributed by atoms with Crippen molar-refractivity contribution in [3.8, 4) is 5.75 Å². The van der Waals surface area contributed by atoms with Crippen LogP contribution in [0.15, 0.2) is 54.6 Å². The number of benzene rings is 2. The first-order valence-corrected chi connectivity index (χ1v) is 9.74. The van der Waals surface area contributed by atoms with E-state index in [9.17, 15) is 4.79 Å². The van der Waals surface area contributed by atoms with E-state index in [0.29, 0.717) is 12.7 Å². The molecule has 27 heavy (non-hydrogen) atoms. The van der Waals surface area contributed by atoms with Crippen molar-refractivity contribution in [2.45, 2.75) is 45.3 Å². The van der Waals surface area contributed by atoms with Crippen molar-refractivity contribution in [3.05, 3.63) is 65.7 Å². The molecule has 0 spiro atoms. The van der Waals surface area contributed by atoms with Crippen LogP contribution in [0.5, 0.6) is 5.75 Å². The SMILES string of the molecule is COc1ccccc1CN(CN1C(=O)C(C)(C)C1c1ccccc1)C1CC1. The molecule has 0 bridgehead atoms. The van der Waals surface area contributed by atoms with Gasteiger partial charge in [0.05, 0.1) is 25.2 Å². The number of para-hydroxylation sites is 1. The van der Waals surface area contributed by atoms with Crippen molar-refractivity contribution in [1.82, 2.24) is 9.80 Å². The van der Waals surface area contributed by atoms with Crippen LogP contribution in [-0.4, -0.2) is 35.5 Å². The third-order valence-corrected chi connectivity index (χ3v) is 5.89. The fourth-order valence-electron chi connectivity index (χ4n) is 4.29. The van der Waals surface area contributed by atoms with Crippen LogP contribution in [0, 0.1) is 5.41 Å². The molecule has 142 valence electrons. The third kappa shape index (κ3) is 3.34. The van der Waals surface area contributed by atoms with Crippen LogP contribution in [0.4, 0.5) is 0 Å². The molecule has 0 N–H and O–H groups in total. The van der Waals surface area contributed by atoms with Crippen LogP contribution in [-0.2, 0) is 11.3 Å². The van der Waals surface area contributed by atoms with Crippen molar-refractivity contribution in [1.29, 1.82) is 0 Å². The number of hydrogen-bond donors (Lipinski definition) is 0. The van der Waals surface area contributed by atoms with E-state index in [-0.39, 0.29) is 17.4 Å². The first kappa shape index (κ1) is 18.1. The number of amides is 1. The standard InChI is InChI=1S/C23H28N2O2/c1-23(2)21(17-9-5-4-6-10-17)25(22(23)26)16-24(19-13-14-19)15-18-11-7-8-12-20(18)27-3/h4-12,19,21H,13-16H2,1-3H3. The van der Waals surface area contributed by atoms with Crippen molar-refractivity contribution >= 4 is 5.91 Å². The summed E-state index contributed by atoms with van der Waals surface area (Å²) in [6.07, 6.45) is 2.41. The van der Waals surface area contributed by atoms with Gasteiger partial charge in [-0.2, -0.15) is 0 Å². The van der Waals surface area contributed by atoms with Crippen LogP contribution in [0.3, 0.4) is 0 Å². The lowest BCUT2D eigenvalue weighted by Crippen LogP contribution is -2.63. The zero-order valence-corrected chi connectivity index (χ0v) is 16.4. The lowest BCUT2D eigenvalue weighted by molar-refractivity contribution is -0.174. The number of carbonyl (C=O) groups is 1. The van der Waals surface area contributed by atoms with Crippen molar-refractivity contribution in [3.63, 3.8) is 0 Å². The van der Waals surface area contributed by atoms with Gasteiger partial charge < -0.3 is 9.64 Å². The van der Waals surface area contributed by atoms with E-state index < -0.39 is 0 Å². The second-order valence-corrected chi connectivity index (χ2v) is 8.24. The Morgan fingerprint density at radius 3 is 2.41 bits per heavy atom. The molecular weight excluding hydrogens is 336 g/mol. The Hall–Kier alpha value is -2.33. The van der Waals surface area contributed by atoms with E-state index in [0.717, 1.165) is 12.3 Å². The minimum absolute atomic E-state index is 0.130. The van der Waals surface area contributed by atoms with Gasteiger partial charge in [0, 0.05) is 18.2 Å². The average Bonchev–Trinajstić information content (AvgIpc) is 3.52. The van der Waals surface area contributed by atoms with Crippen LogP contribution in [0.1, 0.15) is 43.9 Å². The normalized spacial score (nSPS) is 21.3. The third-order valence-electron chi connectivity index (χ3n) is 5.89. The first-order valence-electron chi connectivity index (χ1n) is 9.74. The molecule has 1 aliphatic carbocycles. The van der Waals surface area contributed by atoms with Gasteiger partial charge in [0.15, 0.2) is 0 Å². The molecular formula is C23H28N2O2. The van der Waals surface area contributed by atoms with E-state index in [2.05, 4.69) is 49.1 Å². The molecule has 0 radical (unpaired) electrons. The minimum atomic E-state index is -0.346. The monoisotopic (exact) mass is 364 g/mol. The number of hydrogen-bond acceptors (Lipinski definition) is 3. The van der Waals surface area contributed by atoms with Crippen LogP contribution < -0.4 is 4.74 Å². The van der Waals surface area contributed by atoms with Crippen molar-refractivity contribution < 1.29 is 9.53 Å². The highest BCUT2D eigenvalue weighted by Crippen LogP contribution is 2.50. The van der Waals surface area contributed by atoms with E-state index in [1.807, 2.05) is 29.2 Å². The number of carbonyl (C=O) groups excluding carboxylic acids is 1. The molecule has 4 rings (SSSR count). The molecule has 4 heteroatoms. The maximum Gasteiger partial charge on any atom is 0.232 e. The van der Waals surface area contributed by atoms with Crippen molar-refractivity contribution in [2.75, 3.05) is 13.8 Å². The van der Waals surface area contributed by atoms with Gasteiger partial charge in [0.2, 0.25) is 5.91 Å². The summed E-state index contributed by atoms with van der Waals surface area (Å²) in [6, 6.07) is 19.3. The second kappa shape index (κ2) is 7.01. The average molecular weight is 364 g/mol. The molecule has 1 unspecified atom stereocenters. The Balaban J connectivity index is 1.55. The molecule has 0 aromatic heterocycles. The topological polar surface area (TPSA) is 32.8 Å². The Kier molecular flexibility index (Phi) is 4.68. The highest BCUT2D eigenvalue weighted by atomic mass is 16.5. The summed E-state index contributed by atoms with van der Waals surface area (Å²) >= 11 is 0. The molecule has 2 aromatic rings. The van der Waals surface area contributed by atoms with Gasteiger partial charge in [-0.3, -0.25) is 9.69 Å². The summed E-state index contributed by atoms with van der Waals surface area (Å²) in [7, 11) is 1.72. The number of methoxy groups -OCH3 is 1. The smallest absolute Gasteiger partial charge is 0.232 e. The Bertz CT molecular complexity index is 814. The summed E-state index contributed by atoms with van der Waals surface area (Å²) < 4.78 is 5.53. The molecule has 2 fully saturated rings. The maximum absolute atomic E-state index is 12.9. The molecule has 4 nitrogen and oxygen atoms in total. The largest absolute Gasteiger partial charge is 0.496 e. The van der Waals surface area contributed by atoms with E-state index in [1.54, 1.807) is 7.11 Å². The molecule has 1 amide bonds. The Morgan fingerprint density at radius 1 is 1.07 bits per heavy atom. The van der Waals surface area contributed by atoms with Gasteiger partial charge in [0.25, 0.3) is 0 Å². The minimum Gasteiger partial charge on any atom is -0.496 e. The summed E-state index contributed by atoms with van der Waals surface area (Å²) in [6.45, 7) is 5.60. The van der Waals surface area contributed by atoms with Gasteiger partial charge in [-0.1, -0.05) is 48.5 Å². The predicted molar refractivity (Wildman–Crippen MR) is 106 cm³/mol. The van der Waals surface area contributed by atoms with Crippen LogP contribution in [0.25, 0.3) is 0 Å². The van der Waals surface area contributed by atoms with Gasteiger partial charge in [-0.05, 0) is 38.3 Å². The summed E-state index contributed by atoms with van der Waals surface area (Å²) in [5, 5.41) is 0. The number of ether oxygens (including phenoxy) is 1. The summed E-state index contributed by atoms with van der Waals surface area (Å²) in [5.41, 5.74) is 2.05. The fourth-order valence-corrected chi connectivity index (χ4v) is 4.29. The molecule has 1 heterocycles. The maximum atomic E-state index is 12.9. The van der Waals surface area contributed by atoms with Crippen molar-refractivity contribution in [2.24, 2.45) is 5.41 Å². The van der Waals surface area contributed by atoms with E-state index >= 15 is 0 Å². The first-order chi connectivity index (χ1) is 13.0. The van der Waals surface area contributed by atoms with Gasteiger partial charge in [-0.15, -0.1) is 0 Å². The number of rotatable bonds is 7. The van der Waals surface area contributed by atoms with Crippen LogP contribution in [0.2, 0.25) is 0 Å². The van der Waals surface area contributed by atoms with Gasteiger partial charge in [-0.25, -0.2) is 0 Å². The second-order valence-electron chi connectivity index (χ2n) is 8.24. The highest BCUT2D eigenvalue weighted by Gasteiger charge is 2.55. The predicted octanol–water partition coefficient (Wildman–Crippen LogP) is 4.23. The molecule has 1 saturated heterocycles. The molecule has 1 atom stereocenters. The number of nitrogens with zero attached hydrogens (tertiary/aromatic N) is 2. The molecule has 2 aromatic carbocycles. The van der Waals surface area contributed by atoms with Gasteiger partial charge >= 0.3 is 0 Å². The fraction of sp³-hybridized carbons (Fsp3) is 0.435. The quantitative estimate of drug-likeness (QED) is 0.690. The summed E-state index contributed by atoms with van der Waals surface area (Å²) in [4.78, 5) is 17.4. The number of likely N-dealkylation sites (tertiary alicyclic amines) is 1. The zero-order chi connectivity index (χ0) is 19.0. The van der Waals surface area contributed by atoms with Crippen LogP contribution >= 0.6 is 0 Å². The van der Waals surface area contributed by atoms with E-state index in [1.165, 1.54) is 24.0 Å². The molecule has 1 saturated carbocycles.